The fraction of sp³-hybridized carbons (Fsp3) is 0.174. The average molecular weight is 604 g/mol. The minimum atomic E-state index is -0.210. The smallest absolute Gasteiger partial charge is 0.0701 e. The topological polar surface area (TPSA) is 3.24 Å². The molecule has 0 aliphatic heterocycles. The number of anilines is 2. The summed E-state index contributed by atoms with van der Waals surface area (Å²) in [6.07, 6.45) is 17.3. The van der Waals surface area contributed by atoms with Gasteiger partial charge in [0, 0.05) is 16.8 Å². The van der Waals surface area contributed by atoms with Crippen molar-refractivity contribution >= 4 is 16.9 Å². The van der Waals surface area contributed by atoms with Gasteiger partial charge in [0.1, 0.15) is 0 Å². The molecule has 1 nitrogen and oxygen atoms in total. The van der Waals surface area contributed by atoms with Gasteiger partial charge in [0.05, 0.1) is 16.8 Å². The second kappa shape index (κ2) is 9.93. The van der Waals surface area contributed by atoms with Gasteiger partial charge in [0.2, 0.25) is 0 Å². The van der Waals surface area contributed by atoms with Crippen LogP contribution in [-0.4, -0.2) is 0 Å². The molecule has 1 atom stereocenters. The number of benzene rings is 5. The molecular weight excluding hydrogens is 567 g/mol. The molecule has 0 fully saturated rings. The van der Waals surface area contributed by atoms with Crippen molar-refractivity contribution in [1.82, 2.24) is 0 Å². The minimum absolute atomic E-state index is 0.210. The Kier molecular flexibility index (Phi) is 5.71. The first-order valence-corrected chi connectivity index (χ1v) is 17.3. The summed E-state index contributed by atoms with van der Waals surface area (Å²) in [6.45, 7) is 4.52. The SMILES string of the molecule is Cc1ccccc1-c1c(C)cccc1N(C1=CC=CCCC1)c1cccc2c1-c1cccc3c1C21C2=C(C=CCC2)c2cccc-3c21. The van der Waals surface area contributed by atoms with Crippen LogP contribution in [0.3, 0.4) is 0 Å². The number of aryl methyl sites for hydroxylation is 2. The van der Waals surface area contributed by atoms with Gasteiger partial charge >= 0.3 is 0 Å². The Morgan fingerprint density at radius 2 is 1.26 bits per heavy atom. The summed E-state index contributed by atoms with van der Waals surface area (Å²) in [5.74, 6) is 0. The second-order valence-electron chi connectivity index (χ2n) is 13.8. The zero-order valence-corrected chi connectivity index (χ0v) is 27.1. The fourth-order valence-electron chi connectivity index (χ4n) is 9.71. The van der Waals surface area contributed by atoms with Gasteiger partial charge in [-0.3, -0.25) is 0 Å². The normalized spacial score (nSPS) is 19.2. The monoisotopic (exact) mass is 603 g/mol. The standard InChI is InChI=1S/C46H37N/c1-29-15-7-8-19-32(29)42-30(2)16-11-27-40(42)47(31-17-5-3-4-6-18-31)41-28-14-26-39-43(41)37-24-13-23-36-35-22-12-21-34-33-20-9-10-25-38(33)46(39,44(34)35)45(36)37/h3,5,7-9,11-17,19-24,26-28H,4,6,10,18,25H2,1-2H3. The first kappa shape index (κ1) is 27.0. The number of rotatable bonds is 4. The van der Waals surface area contributed by atoms with Crippen molar-refractivity contribution in [2.24, 2.45) is 0 Å². The van der Waals surface area contributed by atoms with Crippen molar-refractivity contribution in [1.29, 1.82) is 0 Å². The molecule has 5 aliphatic carbocycles. The van der Waals surface area contributed by atoms with E-state index in [-0.39, 0.29) is 5.41 Å². The van der Waals surface area contributed by atoms with E-state index in [1.807, 2.05) is 0 Å². The molecule has 0 amide bonds. The van der Waals surface area contributed by atoms with Gasteiger partial charge in [-0.2, -0.15) is 0 Å². The maximum absolute atomic E-state index is 2.64. The molecule has 0 saturated heterocycles. The zero-order valence-electron chi connectivity index (χ0n) is 27.1. The van der Waals surface area contributed by atoms with E-state index in [0.717, 1.165) is 32.1 Å². The first-order valence-electron chi connectivity index (χ1n) is 17.3. The van der Waals surface area contributed by atoms with Crippen LogP contribution in [0.5, 0.6) is 0 Å². The number of hydrogen-bond acceptors (Lipinski definition) is 1. The summed E-state index contributed by atoms with van der Waals surface area (Å²) < 4.78 is 0. The van der Waals surface area contributed by atoms with Gasteiger partial charge in [0.15, 0.2) is 0 Å². The van der Waals surface area contributed by atoms with Crippen LogP contribution in [0.25, 0.3) is 39.0 Å². The summed E-state index contributed by atoms with van der Waals surface area (Å²) >= 11 is 0. The van der Waals surface area contributed by atoms with Gasteiger partial charge in [-0.05, 0) is 131 Å². The highest BCUT2D eigenvalue weighted by molar-refractivity contribution is 6.09. The van der Waals surface area contributed by atoms with Crippen LogP contribution in [0.4, 0.5) is 11.4 Å². The van der Waals surface area contributed by atoms with E-state index in [2.05, 4.69) is 146 Å². The number of hydrogen-bond donors (Lipinski definition) is 0. The van der Waals surface area contributed by atoms with E-state index in [4.69, 9.17) is 0 Å². The zero-order chi connectivity index (χ0) is 31.3. The van der Waals surface area contributed by atoms with Gasteiger partial charge < -0.3 is 4.90 Å². The predicted octanol–water partition coefficient (Wildman–Crippen LogP) is 12.1. The minimum Gasteiger partial charge on any atom is -0.313 e. The van der Waals surface area contributed by atoms with Crippen LogP contribution in [0, 0.1) is 13.8 Å². The summed E-state index contributed by atoms with van der Waals surface area (Å²) in [5.41, 5.74) is 23.6. The van der Waals surface area contributed by atoms with E-state index in [1.54, 1.807) is 5.57 Å². The molecule has 5 aromatic rings. The molecule has 0 heterocycles. The number of nitrogens with zero attached hydrogens (tertiary/aromatic N) is 1. The van der Waals surface area contributed by atoms with E-state index < -0.39 is 0 Å². The van der Waals surface area contributed by atoms with Gasteiger partial charge in [-0.1, -0.05) is 109 Å². The summed E-state index contributed by atoms with van der Waals surface area (Å²) in [4.78, 5) is 2.64. The molecule has 0 radical (unpaired) electrons. The lowest BCUT2D eigenvalue weighted by atomic mass is 9.70. The highest BCUT2D eigenvalue weighted by Gasteiger charge is 2.58. The Morgan fingerprint density at radius 1 is 0.574 bits per heavy atom. The van der Waals surface area contributed by atoms with Crippen molar-refractivity contribution in [3.8, 4) is 33.4 Å². The maximum Gasteiger partial charge on any atom is 0.0701 e. The Hall–Kier alpha value is -5.14. The molecule has 1 unspecified atom stereocenters. The third-order valence-corrected chi connectivity index (χ3v) is 11.5. The van der Waals surface area contributed by atoms with Crippen molar-refractivity contribution in [3.63, 3.8) is 0 Å². The lowest BCUT2D eigenvalue weighted by Gasteiger charge is -2.34. The molecule has 47 heavy (non-hydrogen) atoms. The van der Waals surface area contributed by atoms with Gasteiger partial charge in [-0.15, -0.1) is 0 Å². The van der Waals surface area contributed by atoms with Crippen LogP contribution >= 0.6 is 0 Å². The first-order chi connectivity index (χ1) is 23.2. The lowest BCUT2D eigenvalue weighted by molar-refractivity contribution is 0.730. The summed E-state index contributed by atoms with van der Waals surface area (Å²) in [5, 5.41) is 0. The van der Waals surface area contributed by atoms with E-state index in [9.17, 15) is 0 Å². The molecule has 0 N–H and O–H groups in total. The van der Waals surface area contributed by atoms with Crippen LogP contribution < -0.4 is 4.90 Å². The third kappa shape index (κ3) is 3.44. The Balaban J connectivity index is 1.31. The fourth-order valence-corrected chi connectivity index (χ4v) is 9.71. The van der Waals surface area contributed by atoms with Crippen molar-refractivity contribution in [3.05, 3.63) is 172 Å². The van der Waals surface area contributed by atoms with Gasteiger partial charge in [-0.25, -0.2) is 0 Å². The second-order valence-corrected chi connectivity index (χ2v) is 13.8. The third-order valence-electron chi connectivity index (χ3n) is 11.5. The lowest BCUT2D eigenvalue weighted by Crippen LogP contribution is -2.26. The Labute approximate surface area is 277 Å². The largest absolute Gasteiger partial charge is 0.313 e. The van der Waals surface area contributed by atoms with Crippen LogP contribution in [0.1, 0.15) is 65.5 Å². The van der Waals surface area contributed by atoms with Crippen LogP contribution in [0.15, 0.2) is 139 Å². The average Bonchev–Trinajstić information content (AvgIpc) is 3.59. The molecule has 1 spiro atoms. The molecule has 1 heteroatoms. The number of allylic oxidation sites excluding steroid dienone is 8. The number of fused-ring (bicyclic) bond motifs is 4. The van der Waals surface area contributed by atoms with E-state index >= 15 is 0 Å². The highest BCUT2D eigenvalue weighted by Crippen LogP contribution is 2.71. The van der Waals surface area contributed by atoms with Crippen molar-refractivity contribution in [2.45, 2.75) is 51.4 Å². The van der Waals surface area contributed by atoms with Gasteiger partial charge in [0.25, 0.3) is 0 Å². The maximum atomic E-state index is 2.64. The molecule has 0 saturated carbocycles. The summed E-state index contributed by atoms with van der Waals surface area (Å²) in [6, 6.07) is 37.1. The van der Waals surface area contributed by atoms with Crippen LogP contribution in [0.2, 0.25) is 0 Å². The van der Waals surface area contributed by atoms with Crippen molar-refractivity contribution in [2.75, 3.05) is 4.90 Å². The van der Waals surface area contributed by atoms with E-state index in [1.165, 1.54) is 89.4 Å². The predicted molar refractivity (Wildman–Crippen MR) is 197 cm³/mol. The summed E-state index contributed by atoms with van der Waals surface area (Å²) in [7, 11) is 0. The molecule has 10 rings (SSSR count). The Bertz CT molecular complexity index is 2310. The highest BCUT2D eigenvalue weighted by atomic mass is 15.2. The molecule has 5 aliphatic rings. The molecule has 0 bridgehead atoms. The Morgan fingerprint density at radius 3 is 2.11 bits per heavy atom. The molecule has 226 valence electrons. The molecular formula is C46H37N. The van der Waals surface area contributed by atoms with E-state index in [0.29, 0.717) is 0 Å². The molecule has 0 aromatic heterocycles. The quantitative estimate of drug-likeness (QED) is 0.197. The van der Waals surface area contributed by atoms with Crippen molar-refractivity contribution < 1.29 is 0 Å². The van der Waals surface area contributed by atoms with Crippen LogP contribution in [-0.2, 0) is 5.41 Å². The molecule has 5 aromatic carbocycles.